The van der Waals surface area contributed by atoms with Gasteiger partial charge < -0.3 is 30.0 Å². The fourth-order valence-electron chi connectivity index (χ4n) is 6.46. The molecule has 276 valence electrons. The summed E-state index contributed by atoms with van der Waals surface area (Å²) in [6.07, 6.45) is -0.111. The van der Waals surface area contributed by atoms with Crippen molar-refractivity contribution in [3.8, 4) is 22.6 Å². The number of thiazole rings is 1. The third-order valence-electron chi connectivity index (χ3n) is 9.32. The molecule has 1 aromatic heterocycles. The average Bonchev–Trinajstić information content (AvgIpc) is 3.67. The molecular weight excluding hydrogens is 727 g/mol. The van der Waals surface area contributed by atoms with Crippen molar-refractivity contribution >= 4 is 45.0 Å². The maximum absolute atomic E-state index is 12.9. The molecule has 8 nitrogen and oxygen atoms in total. The molecule has 7 aromatic rings. The topological polar surface area (TPSA) is 102 Å². The molecule has 10 heteroatoms. The number of hydrogen-bond donors (Lipinski definition) is 3. The zero-order valence-electron chi connectivity index (χ0n) is 29.8. The van der Waals surface area contributed by atoms with Crippen molar-refractivity contribution < 1.29 is 24.1 Å². The Balaban J connectivity index is 0.924. The van der Waals surface area contributed by atoms with Crippen molar-refractivity contribution in [2.24, 2.45) is 0 Å². The van der Waals surface area contributed by atoms with Gasteiger partial charge in [0, 0.05) is 30.0 Å². The number of benzene rings is 6. The van der Waals surface area contributed by atoms with Crippen LogP contribution in [0.5, 0.6) is 11.5 Å². The van der Waals surface area contributed by atoms with E-state index in [1.807, 2.05) is 115 Å². The molecule has 0 saturated carbocycles. The van der Waals surface area contributed by atoms with Crippen molar-refractivity contribution in [3.05, 3.63) is 174 Å². The molecule has 0 spiro atoms. The molecule has 2 amide bonds. The van der Waals surface area contributed by atoms with Crippen LogP contribution in [0.15, 0.2) is 156 Å². The maximum atomic E-state index is 12.9. The number of amides is 2. The molecule has 0 unspecified atom stereocenters. The highest BCUT2D eigenvalue weighted by molar-refractivity contribution is 8.01. The largest absolute Gasteiger partial charge is 0.457 e. The summed E-state index contributed by atoms with van der Waals surface area (Å²) in [5.41, 5.74) is 7.54. The molecule has 3 N–H and O–H groups in total. The predicted molar refractivity (Wildman–Crippen MR) is 219 cm³/mol. The van der Waals surface area contributed by atoms with E-state index in [4.69, 9.17) is 19.2 Å². The normalized spacial score (nSPS) is 16.8. The van der Waals surface area contributed by atoms with Gasteiger partial charge in [0.25, 0.3) is 0 Å². The second-order valence-corrected chi connectivity index (χ2v) is 15.4. The van der Waals surface area contributed by atoms with Crippen LogP contribution < -0.4 is 15.4 Å². The number of ether oxygens (including phenoxy) is 3. The standard InChI is InChI=1S/C45H39N3O5S2/c49-28-30-14-16-32(17-15-30)41-26-38(29-54-45-48-40-12-6-7-13-42(40)55-45)52-43(53-41)33-20-18-31(19-21-33)39-11-5-4-8-34(39)27-46-44(50)47-35-22-24-37(25-23-35)51-36-9-2-1-3-10-36/h1-25,38,41,43,49H,26-29H2,(H2,46,47,50)/t38-,41+,43+/m0/s1. The molecule has 1 aliphatic rings. The Bertz CT molecular complexity index is 2300. The SMILES string of the molecule is O=C(NCc1ccccc1-c1ccc([C@@H]2O[C@H](CSc3nc4ccccc4s3)C[C@H](c3ccc(CO)cc3)O2)cc1)Nc1ccc(Oc2ccccc2)cc1. The van der Waals surface area contributed by atoms with E-state index in [-0.39, 0.29) is 24.8 Å². The Kier molecular flexibility index (Phi) is 11.5. The number of aliphatic hydroxyl groups excluding tert-OH is 1. The average molecular weight is 766 g/mol. The van der Waals surface area contributed by atoms with E-state index in [9.17, 15) is 9.90 Å². The number of nitrogens with zero attached hydrogens (tertiary/aromatic N) is 1. The second kappa shape index (κ2) is 17.3. The van der Waals surface area contributed by atoms with E-state index in [1.54, 1.807) is 23.1 Å². The van der Waals surface area contributed by atoms with Crippen LogP contribution in [0.1, 0.15) is 41.1 Å². The lowest BCUT2D eigenvalue weighted by Crippen LogP contribution is -2.31. The summed E-state index contributed by atoms with van der Waals surface area (Å²) in [4.78, 5) is 17.7. The number of aliphatic hydroxyl groups is 1. The lowest BCUT2D eigenvalue weighted by molar-refractivity contribution is -0.245. The first-order valence-electron chi connectivity index (χ1n) is 18.1. The molecule has 8 rings (SSSR count). The molecule has 0 aliphatic carbocycles. The monoisotopic (exact) mass is 765 g/mol. The minimum Gasteiger partial charge on any atom is -0.457 e. The van der Waals surface area contributed by atoms with Crippen LogP contribution in [0.3, 0.4) is 0 Å². The molecule has 2 heterocycles. The Hall–Kier alpha value is -5.49. The van der Waals surface area contributed by atoms with Crippen LogP contribution in [-0.4, -0.2) is 28.0 Å². The first-order chi connectivity index (χ1) is 27.1. The van der Waals surface area contributed by atoms with E-state index >= 15 is 0 Å². The van der Waals surface area contributed by atoms with Gasteiger partial charge in [0.15, 0.2) is 10.6 Å². The summed E-state index contributed by atoms with van der Waals surface area (Å²) >= 11 is 3.42. The van der Waals surface area contributed by atoms with Crippen LogP contribution in [0.25, 0.3) is 21.3 Å². The quantitative estimate of drug-likeness (QED) is 0.106. The van der Waals surface area contributed by atoms with Crippen LogP contribution in [0.2, 0.25) is 0 Å². The third-order valence-corrected chi connectivity index (χ3v) is 11.6. The van der Waals surface area contributed by atoms with Gasteiger partial charge in [0.2, 0.25) is 0 Å². The number of rotatable bonds is 12. The van der Waals surface area contributed by atoms with E-state index in [2.05, 4.69) is 47.0 Å². The van der Waals surface area contributed by atoms with Crippen molar-refractivity contribution in [3.63, 3.8) is 0 Å². The van der Waals surface area contributed by atoms with Crippen LogP contribution in [0.4, 0.5) is 10.5 Å². The van der Waals surface area contributed by atoms with E-state index in [1.165, 1.54) is 4.70 Å². The Labute approximate surface area is 328 Å². The second-order valence-electron chi connectivity index (χ2n) is 13.1. The number of aromatic nitrogens is 1. The highest BCUT2D eigenvalue weighted by atomic mass is 32.2. The molecule has 6 aromatic carbocycles. The van der Waals surface area contributed by atoms with Crippen LogP contribution in [-0.2, 0) is 22.6 Å². The number of fused-ring (bicyclic) bond motifs is 1. The molecule has 55 heavy (non-hydrogen) atoms. The third kappa shape index (κ3) is 9.25. The van der Waals surface area contributed by atoms with Gasteiger partial charge in [-0.05, 0) is 76.3 Å². The van der Waals surface area contributed by atoms with Crippen molar-refractivity contribution in [1.82, 2.24) is 10.3 Å². The fraction of sp³-hybridized carbons (Fsp3) is 0.156. The zero-order valence-corrected chi connectivity index (χ0v) is 31.5. The van der Waals surface area contributed by atoms with Gasteiger partial charge in [0.1, 0.15) is 11.5 Å². The molecule has 0 radical (unpaired) electrons. The zero-order chi connectivity index (χ0) is 37.4. The Morgan fingerprint density at radius 1 is 0.782 bits per heavy atom. The van der Waals surface area contributed by atoms with Crippen molar-refractivity contribution in [2.75, 3.05) is 11.1 Å². The lowest BCUT2D eigenvalue weighted by atomic mass is 9.98. The summed E-state index contributed by atoms with van der Waals surface area (Å²) in [7, 11) is 0. The summed E-state index contributed by atoms with van der Waals surface area (Å²) in [6, 6.07) is 49.0. The van der Waals surface area contributed by atoms with E-state index < -0.39 is 6.29 Å². The number of carbonyl (C=O) groups is 1. The summed E-state index contributed by atoms with van der Waals surface area (Å²) in [5.74, 6) is 2.18. The summed E-state index contributed by atoms with van der Waals surface area (Å²) < 4.78 is 21.3. The highest BCUT2D eigenvalue weighted by Crippen LogP contribution is 2.41. The predicted octanol–water partition coefficient (Wildman–Crippen LogP) is 10.9. The van der Waals surface area contributed by atoms with Gasteiger partial charge in [-0.2, -0.15) is 0 Å². The van der Waals surface area contributed by atoms with Crippen LogP contribution >= 0.6 is 23.1 Å². The Morgan fingerprint density at radius 3 is 2.27 bits per heavy atom. The van der Waals surface area contributed by atoms with Gasteiger partial charge in [-0.25, -0.2) is 9.78 Å². The first kappa shape index (κ1) is 36.5. The van der Waals surface area contributed by atoms with Crippen molar-refractivity contribution in [2.45, 2.75) is 42.4 Å². The smallest absolute Gasteiger partial charge is 0.319 e. The minimum absolute atomic E-state index is 0.00179. The summed E-state index contributed by atoms with van der Waals surface area (Å²) in [5, 5.41) is 15.5. The Morgan fingerprint density at radius 2 is 1.49 bits per heavy atom. The van der Waals surface area contributed by atoms with Gasteiger partial charge in [-0.15, -0.1) is 11.3 Å². The number of thioether (sulfide) groups is 1. The van der Waals surface area contributed by atoms with E-state index in [0.29, 0.717) is 24.4 Å². The van der Waals surface area contributed by atoms with Gasteiger partial charge >= 0.3 is 6.03 Å². The number of carbonyl (C=O) groups excluding carboxylic acids is 1. The highest BCUT2D eigenvalue weighted by Gasteiger charge is 2.32. The minimum atomic E-state index is -0.564. The van der Waals surface area contributed by atoms with Crippen molar-refractivity contribution in [1.29, 1.82) is 0 Å². The number of nitrogens with one attached hydrogen (secondary N) is 2. The summed E-state index contributed by atoms with van der Waals surface area (Å²) in [6.45, 7) is 0.344. The number of urea groups is 1. The molecule has 1 saturated heterocycles. The maximum Gasteiger partial charge on any atom is 0.319 e. The molecule has 3 atom stereocenters. The number of hydrogen-bond acceptors (Lipinski definition) is 8. The molecular formula is C45H39N3O5S2. The fourth-order valence-corrected chi connectivity index (χ4v) is 8.57. The van der Waals surface area contributed by atoms with Gasteiger partial charge in [0.05, 0.1) is 29.0 Å². The molecule has 1 aliphatic heterocycles. The van der Waals surface area contributed by atoms with E-state index in [0.717, 1.165) is 54.7 Å². The first-order valence-corrected chi connectivity index (χ1v) is 19.9. The molecule has 1 fully saturated rings. The van der Waals surface area contributed by atoms with Crippen LogP contribution in [0, 0.1) is 0 Å². The molecule has 0 bridgehead atoms. The van der Waals surface area contributed by atoms with Gasteiger partial charge in [-0.3, -0.25) is 0 Å². The lowest BCUT2D eigenvalue weighted by Gasteiger charge is -2.36. The number of anilines is 1. The van der Waals surface area contributed by atoms with Gasteiger partial charge in [-0.1, -0.05) is 115 Å². The number of para-hydroxylation sites is 2.